The number of hydrogen-bond acceptors (Lipinski definition) is 12. The Labute approximate surface area is 431 Å². The average Bonchev–Trinajstić information content (AvgIpc) is 3.94. The van der Waals surface area contributed by atoms with E-state index in [-0.39, 0.29) is 74.3 Å². The first kappa shape index (κ1) is 56.1. The molecule has 3 fully saturated rings. The van der Waals surface area contributed by atoms with Gasteiger partial charge >= 0.3 is 18.1 Å². The van der Waals surface area contributed by atoms with Crippen LogP contribution < -0.4 is 27.0 Å². The smallest absolute Gasteiger partial charge is 0.407 e. The molecule has 11 atom stereocenters. The molecule has 6 N–H and O–H groups in total. The second-order valence-electron chi connectivity index (χ2n) is 20.8. The first-order valence-corrected chi connectivity index (χ1v) is 26.3. The van der Waals surface area contributed by atoms with Crippen molar-refractivity contribution in [3.05, 3.63) is 48.0 Å². The summed E-state index contributed by atoms with van der Waals surface area (Å²) < 4.78 is 23.7. The fourth-order valence-corrected chi connectivity index (χ4v) is 13.1. The van der Waals surface area contributed by atoms with Gasteiger partial charge in [0.05, 0.1) is 17.0 Å². The van der Waals surface area contributed by atoms with E-state index in [1.807, 2.05) is 34.6 Å². The molecule has 0 spiro atoms. The Balaban J connectivity index is 1.10. The maximum atomic E-state index is 14.3. The summed E-state index contributed by atoms with van der Waals surface area (Å²) in [5, 5.41) is 10.8. The Morgan fingerprint density at radius 3 is 2.47 bits per heavy atom. The molecule has 0 radical (unpaired) electrons. The van der Waals surface area contributed by atoms with Crippen LogP contribution in [0.3, 0.4) is 0 Å². The van der Waals surface area contributed by atoms with E-state index < -0.39 is 92.7 Å². The number of alkyl carbamates (subject to hydrolysis) is 1. The van der Waals surface area contributed by atoms with Crippen LogP contribution >= 0.6 is 23.2 Å². The molecule has 1 unspecified atom stereocenters. The number of primary amides is 1. The van der Waals surface area contributed by atoms with Gasteiger partial charge in [-0.2, -0.15) is 0 Å². The second kappa shape index (κ2) is 24.2. The number of esters is 1. The third kappa shape index (κ3) is 11.9. The molecule has 17 nitrogen and oxygen atoms in total. The molecule has 5 amide bonds. The van der Waals surface area contributed by atoms with Gasteiger partial charge in [-0.25, -0.2) is 14.4 Å². The number of nitrogens with one attached hydrogen (secondary N) is 4. The van der Waals surface area contributed by atoms with Crippen LogP contribution in [0.4, 0.5) is 9.59 Å². The summed E-state index contributed by atoms with van der Waals surface area (Å²) in [5.74, 6) is 1.13. The Bertz CT molecular complexity index is 2330. The molecule has 6 rings (SSSR count). The lowest BCUT2D eigenvalue weighted by atomic mass is 9.45. The Hall–Kier alpha value is -5.18. The zero-order valence-corrected chi connectivity index (χ0v) is 43.6. The van der Waals surface area contributed by atoms with E-state index >= 15 is 0 Å². The molecule has 0 bridgehead atoms. The molecule has 1 aromatic rings. The number of nitrogens with two attached hydrogens (primary N) is 1. The fourth-order valence-electron chi connectivity index (χ4n) is 12.4. The Kier molecular flexibility index (Phi) is 18.9. The number of ketones is 3. The van der Waals surface area contributed by atoms with Crippen LogP contribution in [-0.4, -0.2) is 108 Å². The summed E-state index contributed by atoms with van der Waals surface area (Å²) in [6.45, 7) is 9.30. The van der Waals surface area contributed by atoms with Crippen molar-refractivity contribution in [1.82, 2.24) is 21.3 Å². The number of rotatable bonds is 22. The van der Waals surface area contributed by atoms with E-state index in [0.29, 0.717) is 38.6 Å². The molecule has 5 aliphatic carbocycles. The number of hydrogen-bond donors (Lipinski definition) is 5. The van der Waals surface area contributed by atoms with Crippen LogP contribution in [0.5, 0.6) is 0 Å². The third-order valence-electron chi connectivity index (χ3n) is 16.1. The van der Waals surface area contributed by atoms with Crippen molar-refractivity contribution < 1.29 is 57.0 Å². The van der Waals surface area contributed by atoms with Crippen molar-refractivity contribution in [3.8, 4) is 11.8 Å². The monoisotopic (exact) mass is 1040 g/mol. The highest BCUT2D eigenvalue weighted by Gasteiger charge is 2.77. The van der Waals surface area contributed by atoms with Crippen molar-refractivity contribution in [2.45, 2.75) is 147 Å². The minimum atomic E-state index is -1.75. The van der Waals surface area contributed by atoms with Gasteiger partial charge in [0.15, 0.2) is 23.0 Å². The van der Waals surface area contributed by atoms with Crippen molar-refractivity contribution in [3.63, 3.8) is 0 Å². The van der Waals surface area contributed by atoms with Crippen LogP contribution in [0.15, 0.2) is 46.6 Å². The summed E-state index contributed by atoms with van der Waals surface area (Å²) in [6, 6.07) is 0.965. The molecular weight excluding hydrogens is 970 g/mol. The molecule has 0 aromatic carbocycles. The first-order valence-electron chi connectivity index (χ1n) is 25.4. The van der Waals surface area contributed by atoms with E-state index in [4.69, 9.17) is 47.6 Å². The number of carbonyl (C=O) groups excluding carboxylic acids is 8. The van der Waals surface area contributed by atoms with Crippen LogP contribution in [0.25, 0.3) is 0 Å². The maximum absolute atomic E-state index is 14.3. The fraction of sp³-hybridized carbons (Fsp3) is 0.660. The van der Waals surface area contributed by atoms with Gasteiger partial charge in [-0.1, -0.05) is 58.6 Å². The molecule has 1 aromatic heterocycles. The number of allylic oxidation sites excluding steroid dienone is 4. The summed E-state index contributed by atoms with van der Waals surface area (Å²) in [6.07, 6.45) is 11.0. The van der Waals surface area contributed by atoms with Crippen molar-refractivity contribution in [1.29, 1.82) is 0 Å². The number of ether oxygens (including phenoxy) is 3. The Morgan fingerprint density at radius 1 is 1.00 bits per heavy atom. The van der Waals surface area contributed by atoms with Gasteiger partial charge in [0.25, 0.3) is 0 Å². The van der Waals surface area contributed by atoms with Crippen molar-refractivity contribution >= 4 is 70.5 Å². The molecule has 1 heterocycles. The average molecular weight is 1040 g/mol. The minimum absolute atomic E-state index is 0.0156. The van der Waals surface area contributed by atoms with Gasteiger partial charge in [-0.3, -0.25) is 24.0 Å². The highest BCUT2D eigenvalue weighted by Crippen LogP contribution is 2.72. The van der Waals surface area contributed by atoms with Crippen molar-refractivity contribution in [2.75, 3.05) is 32.1 Å². The van der Waals surface area contributed by atoms with E-state index in [2.05, 4.69) is 33.1 Å². The summed E-state index contributed by atoms with van der Waals surface area (Å²) in [4.78, 5) is 105. The summed E-state index contributed by atoms with van der Waals surface area (Å²) >= 11 is 14.3. The predicted octanol–water partition coefficient (Wildman–Crippen LogP) is 6.63. The number of Topliss-reactive ketones (excluding diaryl/α,β-unsaturated/α-hetero) is 2. The minimum Gasteiger partial charge on any atom is -0.457 e. The largest absolute Gasteiger partial charge is 0.457 e. The second-order valence-corrected chi connectivity index (χ2v) is 21.7. The normalized spacial score (nSPS) is 30.2. The lowest BCUT2D eigenvalue weighted by molar-refractivity contribution is -0.177. The van der Waals surface area contributed by atoms with Gasteiger partial charge < -0.3 is 45.6 Å². The molecule has 3 saturated carbocycles. The van der Waals surface area contributed by atoms with Crippen molar-refractivity contribution in [2.24, 2.45) is 46.2 Å². The number of alkyl halides is 2. The maximum Gasteiger partial charge on any atom is 0.407 e. The zero-order chi connectivity index (χ0) is 52.4. The van der Waals surface area contributed by atoms with Crippen LogP contribution in [0.2, 0.25) is 0 Å². The topological polar surface area (TPSA) is 252 Å². The molecule has 0 aliphatic heterocycles. The van der Waals surface area contributed by atoms with Gasteiger partial charge in [0, 0.05) is 55.1 Å². The Morgan fingerprint density at radius 2 is 1.76 bits per heavy atom. The summed E-state index contributed by atoms with van der Waals surface area (Å²) in [5.41, 5.74) is 2.29. The van der Waals surface area contributed by atoms with Gasteiger partial charge in [-0.05, 0) is 106 Å². The van der Waals surface area contributed by atoms with E-state index in [1.165, 1.54) is 24.5 Å². The van der Waals surface area contributed by atoms with E-state index in [0.717, 1.165) is 37.7 Å². The zero-order valence-electron chi connectivity index (χ0n) is 42.0. The standard InChI is InChI=1S/C53H71Cl2N5O12/c1-32(2)37(16-11-23-57-45(64)31-70-36-14-9-7-6-8-10-15-36)46(65)60-40(30-59-48(56)67)41(62)17-12-24-58-49(68)71-44-28-51(5)39(38-20-19-34-27-35(61)21-22-50(34,4)52(38,44)55)26-33(3)53(51,43(63)29-54)72-47(66)42-18-13-25-69-42/h13,18,21-22,25,27,32-33,36-40,44H,6-9,11-12,14,16-17,19-20,23-24,26,28-31H2,1-5H3,(H,57,64)(H,58,68)(H,60,65)(H3,56,59,67)/t33-,36?,37-,38+,39+,40-,44+,50+,51+,52+,53+/m1/s1. The molecule has 19 heteroatoms. The highest BCUT2D eigenvalue weighted by atomic mass is 35.5. The number of amides is 5. The molecule has 0 saturated heterocycles. The molecule has 5 aliphatic rings. The van der Waals surface area contributed by atoms with Gasteiger partial charge in [0.1, 0.15) is 24.9 Å². The quantitative estimate of drug-likeness (QED) is 0.0356. The number of furan rings is 1. The van der Waals surface area contributed by atoms with Crippen LogP contribution in [0, 0.1) is 52.3 Å². The number of carbonyl (C=O) groups is 8. The predicted molar refractivity (Wildman–Crippen MR) is 267 cm³/mol. The van der Waals surface area contributed by atoms with Crippen LogP contribution in [0.1, 0.15) is 129 Å². The molecule has 394 valence electrons. The number of fused-ring (bicyclic) bond motifs is 5. The van der Waals surface area contributed by atoms with E-state index in [9.17, 15) is 38.4 Å². The van der Waals surface area contributed by atoms with Crippen LogP contribution in [-0.2, 0) is 38.2 Å². The third-order valence-corrected chi connectivity index (χ3v) is 17.2. The lowest BCUT2D eigenvalue weighted by Crippen LogP contribution is -2.70. The molecular formula is C53H71Cl2N5O12. The molecule has 72 heavy (non-hydrogen) atoms. The summed E-state index contributed by atoms with van der Waals surface area (Å²) in [7, 11) is 0. The van der Waals surface area contributed by atoms with Gasteiger partial charge in [0.2, 0.25) is 17.6 Å². The first-order chi connectivity index (χ1) is 34.2. The number of halogens is 2. The SMILES string of the molecule is CC(C)[C@@H](CCCNC(=O)COC1C#CCCCCC1)C(=O)N[C@H](CNC(N)=O)C(=O)CCCNC(=O)O[C@H]1C[C@@]2(C)[C@@H](C[C@@H](C)[C@]2(OC(=O)c2ccco2)C(=O)CCl)[C@@H]2CCC3=CC(=O)C=C[C@]3(C)[C@@]12Cl. The van der Waals surface area contributed by atoms with E-state index in [1.54, 1.807) is 12.2 Å². The lowest BCUT2D eigenvalue weighted by Gasteiger charge is -2.64. The highest BCUT2D eigenvalue weighted by molar-refractivity contribution is 6.29. The van der Waals surface area contributed by atoms with Gasteiger partial charge in [-0.15, -0.1) is 29.1 Å². The number of urea groups is 1.